The van der Waals surface area contributed by atoms with Crippen molar-refractivity contribution < 1.29 is 5.02 Å². The summed E-state index contributed by atoms with van der Waals surface area (Å²) in [5.74, 6) is 0. The van der Waals surface area contributed by atoms with E-state index in [4.69, 9.17) is 5.02 Å². The van der Waals surface area contributed by atoms with Gasteiger partial charge in [0.25, 0.3) is 0 Å². The zero-order chi connectivity index (χ0) is 5.70. The van der Waals surface area contributed by atoms with Crippen molar-refractivity contribution in [1.29, 1.82) is 0 Å². The highest BCUT2D eigenvalue weighted by atomic mass is 16.2. The van der Waals surface area contributed by atoms with E-state index in [1.54, 1.807) is 7.74 Å². The Morgan fingerprint density at radius 3 is 2.57 bits per heavy atom. The Labute approximate surface area is 45.8 Å². The number of hydrogen-bond acceptors (Lipinski definition) is 2. The van der Waals surface area contributed by atoms with Gasteiger partial charge in [0.15, 0.2) is 0 Å². The highest BCUT2D eigenvalue weighted by Crippen LogP contribution is 1.67. The summed E-state index contributed by atoms with van der Waals surface area (Å²) >= 11 is 0. The molecule has 0 saturated carbocycles. The van der Waals surface area contributed by atoms with E-state index in [-0.39, 0.29) is 6.94 Å². The van der Waals surface area contributed by atoms with Crippen LogP contribution in [0.15, 0.2) is 0 Å². The standard InChI is InChI=1S/C3H11B2NO/c1-2-3-6-5(4)7/h6-7H,2-4H2,1H3. The highest BCUT2D eigenvalue weighted by Gasteiger charge is 1.95. The molecule has 0 atom stereocenters. The minimum atomic E-state index is -0.347. The van der Waals surface area contributed by atoms with Crippen molar-refractivity contribution >= 4 is 14.7 Å². The summed E-state index contributed by atoms with van der Waals surface area (Å²) in [6.45, 7) is 2.62. The third-order valence-electron chi connectivity index (χ3n) is 0.690. The van der Waals surface area contributed by atoms with Gasteiger partial charge < -0.3 is 10.3 Å². The fraction of sp³-hybridized carbons (Fsp3) is 1.00. The molecule has 0 rings (SSSR count). The predicted molar refractivity (Wildman–Crippen MR) is 34.8 cm³/mol. The zero-order valence-corrected chi connectivity index (χ0v) is 4.94. The van der Waals surface area contributed by atoms with Crippen LogP contribution in [0.25, 0.3) is 0 Å². The molecular formula is C3H11B2NO. The van der Waals surface area contributed by atoms with Crippen LogP contribution in [0.1, 0.15) is 13.3 Å². The first-order valence-corrected chi connectivity index (χ1v) is 2.68. The van der Waals surface area contributed by atoms with Gasteiger partial charge in [-0.05, 0) is 13.0 Å². The fourth-order valence-corrected chi connectivity index (χ4v) is 0.353. The van der Waals surface area contributed by atoms with Crippen LogP contribution >= 0.6 is 0 Å². The molecule has 0 fully saturated rings. The summed E-state index contributed by atoms with van der Waals surface area (Å²) in [7, 11) is 1.72. The molecule has 0 aromatic heterocycles. The van der Waals surface area contributed by atoms with Crippen molar-refractivity contribution in [3.8, 4) is 0 Å². The Morgan fingerprint density at radius 2 is 2.43 bits per heavy atom. The molecule has 0 unspecified atom stereocenters. The lowest BCUT2D eigenvalue weighted by atomic mass is 9.59. The largest absolute Gasteiger partial charge is 0.444 e. The molecule has 0 spiro atoms. The van der Waals surface area contributed by atoms with Crippen LogP contribution in [-0.2, 0) is 0 Å². The second kappa shape index (κ2) is 4.22. The van der Waals surface area contributed by atoms with Crippen LogP contribution in [0.5, 0.6) is 0 Å². The van der Waals surface area contributed by atoms with Crippen LogP contribution in [0, 0.1) is 0 Å². The molecule has 0 aromatic rings. The van der Waals surface area contributed by atoms with E-state index in [9.17, 15) is 0 Å². The first kappa shape index (κ1) is 7.05. The Kier molecular flexibility index (Phi) is 4.25. The van der Waals surface area contributed by atoms with E-state index in [0.29, 0.717) is 0 Å². The first-order valence-electron chi connectivity index (χ1n) is 2.68. The van der Waals surface area contributed by atoms with Gasteiger partial charge in [0.2, 0.25) is 0 Å². The molecule has 2 nitrogen and oxygen atoms in total. The summed E-state index contributed by atoms with van der Waals surface area (Å²) in [5.41, 5.74) is 0. The third-order valence-corrected chi connectivity index (χ3v) is 0.690. The van der Waals surface area contributed by atoms with Crippen molar-refractivity contribution in [2.75, 3.05) is 6.54 Å². The summed E-state index contributed by atoms with van der Waals surface area (Å²) < 4.78 is 0. The Bertz CT molecular complexity index is 41.9. The minimum absolute atomic E-state index is 0.347. The van der Waals surface area contributed by atoms with Crippen LogP contribution in [-0.4, -0.2) is 26.2 Å². The molecule has 0 radical (unpaired) electrons. The van der Waals surface area contributed by atoms with Gasteiger partial charge in [0, 0.05) is 0 Å². The maximum absolute atomic E-state index is 8.57. The van der Waals surface area contributed by atoms with Crippen molar-refractivity contribution in [3.63, 3.8) is 0 Å². The van der Waals surface area contributed by atoms with E-state index in [2.05, 4.69) is 12.2 Å². The van der Waals surface area contributed by atoms with E-state index < -0.39 is 0 Å². The highest BCUT2D eigenvalue weighted by molar-refractivity contribution is 6.96. The molecule has 2 N–H and O–H groups in total. The van der Waals surface area contributed by atoms with Gasteiger partial charge in [0.1, 0.15) is 7.74 Å². The lowest BCUT2D eigenvalue weighted by Gasteiger charge is -1.98. The van der Waals surface area contributed by atoms with Gasteiger partial charge in [0.05, 0.1) is 0 Å². The lowest BCUT2D eigenvalue weighted by Crippen LogP contribution is -2.34. The third kappa shape index (κ3) is 6.05. The van der Waals surface area contributed by atoms with Crippen LogP contribution in [0.4, 0.5) is 0 Å². The van der Waals surface area contributed by atoms with Gasteiger partial charge in [-0.15, -0.1) is 0 Å². The smallest absolute Gasteiger partial charge is 0.321 e. The molecular weight excluding hydrogens is 87.7 g/mol. The SMILES string of the molecule is BB(O)NCCC. The van der Waals surface area contributed by atoms with Crippen molar-refractivity contribution in [2.45, 2.75) is 13.3 Å². The van der Waals surface area contributed by atoms with Gasteiger partial charge in [-0.3, -0.25) is 0 Å². The van der Waals surface area contributed by atoms with Crippen molar-refractivity contribution in [1.82, 2.24) is 5.23 Å². The molecule has 0 aliphatic carbocycles. The second-order valence-electron chi connectivity index (χ2n) is 1.63. The van der Waals surface area contributed by atoms with Crippen molar-refractivity contribution in [3.05, 3.63) is 0 Å². The molecule has 4 heteroatoms. The predicted octanol–water partition coefficient (Wildman–Crippen LogP) is -1.40. The average molecular weight is 98.8 g/mol. The quantitative estimate of drug-likeness (QED) is 0.426. The van der Waals surface area contributed by atoms with Gasteiger partial charge in [-0.25, -0.2) is 0 Å². The van der Waals surface area contributed by atoms with Gasteiger partial charge in [-0.2, -0.15) is 0 Å². The molecule has 0 aliphatic heterocycles. The first-order chi connectivity index (χ1) is 3.27. The monoisotopic (exact) mass is 99.1 g/mol. The topological polar surface area (TPSA) is 32.3 Å². The zero-order valence-electron chi connectivity index (χ0n) is 4.94. The van der Waals surface area contributed by atoms with Crippen LogP contribution < -0.4 is 5.23 Å². The lowest BCUT2D eigenvalue weighted by molar-refractivity contribution is 0.569. The fourth-order valence-electron chi connectivity index (χ4n) is 0.353. The summed E-state index contributed by atoms with van der Waals surface area (Å²) in [6, 6.07) is 0. The van der Waals surface area contributed by atoms with Gasteiger partial charge >= 0.3 is 6.94 Å². The Balaban J connectivity index is 2.68. The Hall–Kier alpha value is 0.0499. The maximum Gasteiger partial charge on any atom is 0.321 e. The molecule has 0 bridgehead atoms. The second-order valence-corrected chi connectivity index (χ2v) is 1.63. The van der Waals surface area contributed by atoms with Crippen LogP contribution in [0.3, 0.4) is 0 Å². The summed E-state index contributed by atoms with van der Waals surface area (Å²) in [4.78, 5) is 0. The number of rotatable bonds is 3. The van der Waals surface area contributed by atoms with Crippen LogP contribution in [0.2, 0.25) is 0 Å². The maximum atomic E-state index is 8.57. The molecule has 0 heterocycles. The normalized spacial score (nSPS) is 8.86. The summed E-state index contributed by atoms with van der Waals surface area (Å²) in [6.07, 6.45) is 1.07. The summed E-state index contributed by atoms with van der Waals surface area (Å²) in [5, 5.41) is 11.4. The van der Waals surface area contributed by atoms with Gasteiger partial charge in [-0.1, -0.05) is 6.92 Å². The molecule has 7 heavy (non-hydrogen) atoms. The molecule has 0 amide bonds. The molecule has 0 saturated heterocycles. The van der Waals surface area contributed by atoms with E-state index in [1.807, 2.05) is 0 Å². The number of nitrogens with one attached hydrogen (secondary N) is 1. The average Bonchev–Trinajstić information content (AvgIpc) is 1.61. The van der Waals surface area contributed by atoms with E-state index >= 15 is 0 Å². The number of hydrogen-bond donors (Lipinski definition) is 2. The molecule has 0 aliphatic rings. The molecule has 0 aromatic carbocycles. The van der Waals surface area contributed by atoms with E-state index in [0.717, 1.165) is 13.0 Å². The minimum Gasteiger partial charge on any atom is -0.444 e. The Morgan fingerprint density at radius 1 is 1.86 bits per heavy atom. The van der Waals surface area contributed by atoms with Crippen molar-refractivity contribution in [2.24, 2.45) is 0 Å². The van der Waals surface area contributed by atoms with E-state index in [1.165, 1.54) is 0 Å². The molecule has 40 valence electrons.